The number of hydrogen-bond acceptors (Lipinski definition) is 5. The van der Waals surface area contributed by atoms with E-state index in [4.69, 9.17) is 16.6 Å². The molecule has 0 aliphatic heterocycles. The minimum atomic E-state index is -1.16. The zero-order chi connectivity index (χ0) is 19.0. The Balaban J connectivity index is 5.04. The van der Waals surface area contributed by atoms with E-state index in [9.17, 15) is 19.2 Å². The van der Waals surface area contributed by atoms with Gasteiger partial charge in [-0.2, -0.15) is 0 Å². The van der Waals surface area contributed by atoms with Crippen molar-refractivity contribution in [3.63, 3.8) is 0 Å². The Kier molecular flexibility index (Phi) is 8.97. The van der Waals surface area contributed by atoms with Crippen molar-refractivity contribution in [2.24, 2.45) is 23.3 Å². The van der Waals surface area contributed by atoms with E-state index in [-0.39, 0.29) is 18.3 Å². The molecule has 7 N–H and O–H groups in total. The summed E-state index contributed by atoms with van der Waals surface area (Å²) in [6.07, 6.45) is -0.0447. The van der Waals surface area contributed by atoms with E-state index in [0.717, 1.165) is 0 Å². The standard InChI is InChI=1S/C15H28N4O5/c1-7(2)5-10(18-13(21)9(16)6-11(17)20)14(22)19-12(8(3)4)15(23)24/h7-10,12H,5-6,16H2,1-4H3,(H2,17,20)(H,18,21)(H,19,22)(H,23,24)/t9-,10-,12-/m0/s1. The van der Waals surface area contributed by atoms with Gasteiger partial charge in [0, 0.05) is 0 Å². The fourth-order valence-corrected chi connectivity index (χ4v) is 2.06. The smallest absolute Gasteiger partial charge is 0.326 e. The molecule has 0 aliphatic rings. The molecule has 0 heterocycles. The molecule has 0 aromatic carbocycles. The van der Waals surface area contributed by atoms with Gasteiger partial charge in [0.25, 0.3) is 0 Å². The van der Waals surface area contributed by atoms with Crippen LogP contribution in [0.4, 0.5) is 0 Å². The zero-order valence-electron chi connectivity index (χ0n) is 14.5. The molecule has 9 nitrogen and oxygen atoms in total. The van der Waals surface area contributed by atoms with Gasteiger partial charge in [0.15, 0.2) is 0 Å². The van der Waals surface area contributed by atoms with Crippen LogP contribution in [-0.4, -0.2) is 46.9 Å². The summed E-state index contributed by atoms with van der Waals surface area (Å²) < 4.78 is 0. The number of rotatable bonds is 10. The largest absolute Gasteiger partial charge is 0.480 e. The van der Waals surface area contributed by atoms with E-state index in [1.54, 1.807) is 13.8 Å². The monoisotopic (exact) mass is 344 g/mol. The molecule has 0 unspecified atom stereocenters. The van der Waals surface area contributed by atoms with E-state index >= 15 is 0 Å². The number of carbonyl (C=O) groups excluding carboxylic acids is 3. The first-order chi connectivity index (χ1) is 11.0. The summed E-state index contributed by atoms with van der Waals surface area (Å²) in [5, 5.41) is 14.0. The number of primary amides is 1. The van der Waals surface area contributed by atoms with Crippen LogP contribution in [0.15, 0.2) is 0 Å². The summed E-state index contributed by atoms with van der Waals surface area (Å²) in [6.45, 7) is 7.04. The zero-order valence-corrected chi connectivity index (χ0v) is 14.5. The second-order valence-electron chi connectivity index (χ2n) is 6.54. The Labute approximate surface area is 141 Å². The van der Waals surface area contributed by atoms with Crippen molar-refractivity contribution >= 4 is 23.7 Å². The van der Waals surface area contributed by atoms with E-state index in [1.165, 1.54) is 0 Å². The first-order valence-corrected chi connectivity index (χ1v) is 7.83. The summed E-state index contributed by atoms with van der Waals surface area (Å²) in [5.74, 6) is -3.43. The minimum absolute atomic E-state index is 0.0655. The van der Waals surface area contributed by atoms with Crippen LogP contribution >= 0.6 is 0 Å². The summed E-state index contributed by atoms with van der Waals surface area (Å²) in [6, 6.07) is -3.18. The number of aliphatic carboxylic acids is 1. The third-order valence-corrected chi connectivity index (χ3v) is 3.33. The minimum Gasteiger partial charge on any atom is -0.480 e. The molecule has 0 spiro atoms. The van der Waals surface area contributed by atoms with Crippen LogP contribution in [0.2, 0.25) is 0 Å². The van der Waals surface area contributed by atoms with Crippen molar-refractivity contribution < 1.29 is 24.3 Å². The first-order valence-electron chi connectivity index (χ1n) is 7.83. The van der Waals surface area contributed by atoms with Gasteiger partial charge in [-0.15, -0.1) is 0 Å². The number of carboxylic acid groups (broad SMARTS) is 1. The summed E-state index contributed by atoms with van der Waals surface area (Å²) >= 11 is 0. The average Bonchev–Trinajstić information content (AvgIpc) is 2.41. The molecule has 0 bridgehead atoms. The van der Waals surface area contributed by atoms with Gasteiger partial charge in [0.2, 0.25) is 17.7 Å². The third kappa shape index (κ3) is 7.91. The fraction of sp³-hybridized carbons (Fsp3) is 0.733. The van der Waals surface area contributed by atoms with Crippen molar-refractivity contribution in [1.29, 1.82) is 0 Å². The topological polar surface area (TPSA) is 165 Å². The SMILES string of the molecule is CC(C)C[C@H](NC(=O)[C@@H](N)CC(N)=O)C(=O)N[C@H](C(=O)O)C(C)C. The summed E-state index contributed by atoms with van der Waals surface area (Å²) in [4.78, 5) is 46.4. The van der Waals surface area contributed by atoms with E-state index in [1.807, 2.05) is 13.8 Å². The third-order valence-electron chi connectivity index (χ3n) is 3.33. The Morgan fingerprint density at radius 3 is 1.92 bits per heavy atom. The van der Waals surface area contributed by atoms with Gasteiger partial charge in [-0.25, -0.2) is 4.79 Å². The van der Waals surface area contributed by atoms with Crippen molar-refractivity contribution in [2.45, 2.75) is 58.7 Å². The Morgan fingerprint density at radius 2 is 1.54 bits per heavy atom. The lowest BCUT2D eigenvalue weighted by atomic mass is 10.00. The fourth-order valence-electron chi connectivity index (χ4n) is 2.06. The second kappa shape index (κ2) is 9.86. The molecule has 0 radical (unpaired) electrons. The molecule has 9 heteroatoms. The number of amides is 3. The quantitative estimate of drug-likeness (QED) is 0.339. The first kappa shape index (κ1) is 21.8. The van der Waals surface area contributed by atoms with Gasteiger partial charge in [-0.05, 0) is 18.3 Å². The van der Waals surface area contributed by atoms with Crippen LogP contribution in [0.3, 0.4) is 0 Å². The number of nitrogens with one attached hydrogen (secondary N) is 2. The molecule has 0 aromatic rings. The second-order valence-corrected chi connectivity index (χ2v) is 6.54. The number of carbonyl (C=O) groups is 4. The van der Waals surface area contributed by atoms with Crippen LogP contribution in [0, 0.1) is 11.8 Å². The van der Waals surface area contributed by atoms with E-state index in [2.05, 4.69) is 10.6 Å². The Morgan fingerprint density at radius 1 is 1.00 bits per heavy atom. The van der Waals surface area contributed by atoms with Crippen LogP contribution in [0.1, 0.15) is 40.5 Å². The molecule has 3 amide bonds. The lowest BCUT2D eigenvalue weighted by Gasteiger charge is -2.25. The molecule has 0 aromatic heterocycles. The maximum absolute atomic E-state index is 12.4. The molecule has 24 heavy (non-hydrogen) atoms. The number of nitrogens with two attached hydrogens (primary N) is 2. The van der Waals surface area contributed by atoms with Crippen molar-refractivity contribution in [2.75, 3.05) is 0 Å². The van der Waals surface area contributed by atoms with E-state index in [0.29, 0.717) is 6.42 Å². The molecule has 3 atom stereocenters. The van der Waals surface area contributed by atoms with E-state index < -0.39 is 41.8 Å². The summed E-state index contributed by atoms with van der Waals surface area (Å²) in [5.41, 5.74) is 10.5. The van der Waals surface area contributed by atoms with Crippen LogP contribution in [0.5, 0.6) is 0 Å². The van der Waals surface area contributed by atoms with Crippen LogP contribution in [0.25, 0.3) is 0 Å². The van der Waals surface area contributed by atoms with Crippen molar-refractivity contribution in [3.8, 4) is 0 Å². The lowest BCUT2D eigenvalue weighted by molar-refractivity contribution is -0.143. The predicted molar refractivity (Wildman–Crippen MR) is 87.6 cm³/mol. The maximum atomic E-state index is 12.4. The predicted octanol–water partition coefficient (Wildman–Crippen LogP) is -1.05. The molecule has 0 fully saturated rings. The normalized spacial score (nSPS) is 14.8. The average molecular weight is 344 g/mol. The molecule has 0 saturated heterocycles. The van der Waals surface area contributed by atoms with Crippen LogP contribution in [-0.2, 0) is 19.2 Å². The highest BCUT2D eigenvalue weighted by Crippen LogP contribution is 2.08. The molecule has 0 saturated carbocycles. The Bertz CT molecular complexity index is 478. The lowest BCUT2D eigenvalue weighted by Crippen LogP contribution is -2.56. The van der Waals surface area contributed by atoms with Gasteiger partial charge in [0.1, 0.15) is 12.1 Å². The van der Waals surface area contributed by atoms with Gasteiger partial charge in [-0.1, -0.05) is 27.7 Å². The van der Waals surface area contributed by atoms with Crippen LogP contribution < -0.4 is 22.1 Å². The van der Waals surface area contributed by atoms with Crippen molar-refractivity contribution in [1.82, 2.24) is 10.6 Å². The Hall–Kier alpha value is -2.16. The number of hydrogen-bond donors (Lipinski definition) is 5. The van der Waals surface area contributed by atoms with Gasteiger partial charge < -0.3 is 27.2 Å². The molecule has 0 rings (SSSR count). The summed E-state index contributed by atoms with van der Waals surface area (Å²) in [7, 11) is 0. The molecule has 0 aliphatic carbocycles. The highest BCUT2D eigenvalue weighted by Gasteiger charge is 2.30. The van der Waals surface area contributed by atoms with Gasteiger partial charge in [-0.3, -0.25) is 14.4 Å². The molecule has 138 valence electrons. The molecular formula is C15H28N4O5. The van der Waals surface area contributed by atoms with Gasteiger partial charge in [0.05, 0.1) is 12.5 Å². The number of carboxylic acids is 1. The van der Waals surface area contributed by atoms with Crippen molar-refractivity contribution in [3.05, 3.63) is 0 Å². The van der Waals surface area contributed by atoms with Gasteiger partial charge >= 0.3 is 5.97 Å². The highest BCUT2D eigenvalue weighted by atomic mass is 16.4. The highest BCUT2D eigenvalue weighted by molar-refractivity contribution is 5.93. The maximum Gasteiger partial charge on any atom is 0.326 e. The molecular weight excluding hydrogens is 316 g/mol.